The second-order valence-corrected chi connectivity index (χ2v) is 5.79. The molecule has 4 N–H and O–H groups in total. The van der Waals surface area contributed by atoms with Crippen molar-refractivity contribution in [1.82, 2.24) is 4.90 Å². The highest BCUT2D eigenvalue weighted by molar-refractivity contribution is 5.63. The average molecular weight is 293 g/mol. The maximum atomic E-state index is 10.9. The molecule has 116 valence electrons. The van der Waals surface area contributed by atoms with E-state index >= 15 is 0 Å². The van der Waals surface area contributed by atoms with Gasteiger partial charge in [-0.05, 0) is 38.8 Å². The van der Waals surface area contributed by atoms with Gasteiger partial charge in [-0.15, -0.1) is 0 Å². The Labute approximate surface area is 124 Å². The van der Waals surface area contributed by atoms with Gasteiger partial charge in [-0.3, -0.25) is 16.0 Å². The molecule has 7 heteroatoms. The van der Waals surface area contributed by atoms with Gasteiger partial charge in [-0.2, -0.15) is 0 Å². The van der Waals surface area contributed by atoms with E-state index in [9.17, 15) is 10.1 Å². The fourth-order valence-electron chi connectivity index (χ4n) is 2.66. The Balaban J connectivity index is 1.97. The van der Waals surface area contributed by atoms with Gasteiger partial charge in [0, 0.05) is 37.0 Å². The lowest BCUT2D eigenvalue weighted by Gasteiger charge is -2.20. The van der Waals surface area contributed by atoms with Gasteiger partial charge in [-0.1, -0.05) is 0 Å². The zero-order valence-electron chi connectivity index (χ0n) is 12.5. The molecule has 1 aliphatic heterocycles. The number of hydrazine groups is 1. The first-order chi connectivity index (χ1) is 9.99. The Kier molecular flexibility index (Phi) is 4.98. The molecule has 1 unspecified atom stereocenters. The number of rotatable bonds is 6. The van der Waals surface area contributed by atoms with Crippen LogP contribution < -0.4 is 16.6 Å². The van der Waals surface area contributed by atoms with Crippen LogP contribution in [0.25, 0.3) is 0 Å². The van der Waals surface area contributed by atoms with Crippen molar-refractivity contribution >= 4 is 17.1 Å². The van der Waals surface area contributed by atoms with Crippen LogP contribution in [0.1, 0.15) is 20.3 Å². The fraction of sp³-hybridized carbons (Fsp3) is 0.571. The van der Waals surface area contributed by atoms with E-state index in [0.717, 1.165) is 31.7 Å². The van der Waals surface area contributed by atoms with Crippen LogP contribution in [0, 0.1) is 16.0 Å². The summed E-state index contributed by atoms with van der Waals surface area (Å²) in [5.74, 6) is 5.92. The molecule has 2 rings (SSSR count). The van der Waals surface area contributed by atoms with E-state index in [4.69, 9.17) is 5.84 Å². The number of hydrogen-bond acceptors (Lipinski definition) is 6. The van der Waals surface area contributed by atoms with E-state index < -0.39 is 4.92 Å². The van der Waals surface area contributed by atoms with Crippen LogP contribution >= 0.6 is 0 Å². The molecule has 0 bridgehead atoms. The van der Waals surface area contributed by atoms with Crippen LogP contribution in [0.5, 0.6) is 0 Å². The van der Waals surface area contributed by atoms with Crippen LogP contribution in [0.15, 0.2) is 18.2 Å². The number of benzene rings is 1. The topological polar surface area (TPSA) is 96.5 Å². The van der Waals surface area contributed by atoms with Crippen molar-refractivity contribution < 1.29 is 4.92 Å². The first-order valence-electron chi connectivity index (χ1n) is 7.23. The quantitative estimate of drug-likeness (QED) is 0.422. The Morgan fingerprint density at radius 1 is 1.43 bits per heavy atom. The highest BCUT2D eigenvalue weighted by Gasteiger charge is 2.24. The Bertz CT molecular complexity index is 506. The van der Waals surface area contributed by atoms with Crippen molar-refractivity contribution in [3.63, 3.8) is 0 Å². The molecule has 0 spiro atoms. The van der Waals surface area contributed by atoms with Crippen LogP contribution in [0.4, 0.5) is 17.1 Å². The molecular weight excluding hydrogens is 270 g/mol. The number of nitrogens with zero attached hydrogens (tertiary/aromatic N) is 2. The predicted octanol–water partition coefficient (Wildman–Crippen LogP) is 2.02. The third-order valence-corrected chi connectivity index (χ3v) is 3.94. The lowest BCUT2D eigenvalue weighted by atomic mass is 10.1. The number of nitro groups is 1. The molecule has 21 heavy (non-hydrogen) atoms. The molecular formula is C14H23N5O2. The minimum Gasteiger partial charge on any atom is -0.384 e. The van der Waals surface area contributed by atoms with Gasteiger partial charge < -0.3 is 15.6 Å². The van der Waals surface area contributed by atoms with Crippen LogP contribution in [-0.4, -0.2) is 35.5 Å². The van der Waals surface area contributed by atoms with Crippen molar-refractivity contribution in [2.24, 2.45) is 11.8 Å². The van der Waals surface area contributed by atoms with Crippen LogP contribution in [0.3, 0.4) is 0 Å². The third-order valence-electron chi connectivity index (χ3n) is 3.94. The van der Waals surface area contributed by atoms with E-state index in [2.05, 4.69) is 29.5 Å². The molecule has 1 heterocycles. The molecule has 0 saturated carbocycles. The van der Waals surface area contributed by atoms with Crippen molar-refractivity contribution in [2.75, 3.05) is 30.4 Å². The lowest BCUT2D eigenvalue weighted by molar-refractivity contribution is -0.384. The summed E-state index contributed by atoms with van der Waals surface area (Å²) in [7, 11) is 0. The molecule has 1 fully saturated rings. The second-order valence-electron chi connectivity index (χ2n) is 5.79. The summed E-state index contributed by atoms with van der Waals surface area (Å²) < 4.78 is 0. The molecule has 1 atom stereocenters. The van der Waals surface area contributed by atoms with Gasteiger partial charge in [0.15, 0.2) is 0 Å². The maximum Gasteiger partial charge on any atom is 0.273 e. The minimum absolute atomic E-state index is 0.0307. The number of hydrogen-bond donors (Lipinski definition) is 3. The highest BCUT2D eigenvalue weighted by atomic mass is 16.6. The summed E-state index contributed by atoms with van der Waals surface area (Å²) in [5.41, 5.74) is 3.74. The number of anilines is 2. The number of non-ortho nitro benzene ring substituents is 1. The Morgan fingerprint density at radius 2 is 2.14 bits per heavy atom. The molecule has 0 aliphatic carbocycles. The summed E-state index contributed by atoms with van der Waals surface area (Å²) in [5, 5.41) is 14.2. The number of likely N-dealkylation sites (tertiary alicyclic amines) is 1. The van der Waals surface area contributed by atoms with Crippen molar-refractivity contribution in [3.8, 4) is 0 Å². The van der Waals surface area contributed by atoms with E-state index in [1.807, 2.05) is 0 Å². The van der Waals surface area contributed by atoms with E-state index in [1.54, 1.807) is 6.07 Å². The number of nitrogen functional groups attached to an aromatic ring is 1. The lowest BCUT2D eigenvalue weighted by Crippen LogP contribution is -2.29. The fourth-order valence-corrected chi connectivity index (χ4v) is 2.66. The highest BCUT2D eigenvalue weighted by Crippen LogP contribution is 2.25. The summed E-state index contributed by atoms with van der Waals surface area (Å²) in [4.78, 5) is 12.9. The minimum atomic E-state index is -0.415. The summed E-state index contributed by atoms with van der Waals surface area (Å²) in [6.07, 6.45) is 1.15. The number of nitrogens with one attached hydrogen (secondary N) is 2. The molecule has 7 nitrogen and oxygen atoms in total. The largest absolute Gasteiger partial charge is 0.384 e. The second kappa shape index (κ2) is 6.73. The standard InChI is InChI=1S/C14H23N5O2/c1-10(2)18-4-3-11(9-18)8-16-12-5-13(17-15)7-14(6-12)19(20)21/h5-7,10-11,16-17H,3-4,8-9,15H2,1-2H3. The summed E-state index contributed by atoms with van der Waals surface area (Å²) in [6, 6.07) is 5.31. The first-order valence-corrected chi connectivity index (χ1v) is 7.23. The van der Waals surface area contributed by atoms with Gasteiger partial charge in [0.2, 0.25) is 0 Å². The van der Waals surface area contributed by atoms with E-state index in [0.29, 0.717) is 17.6 Å². The number of nitrogens with two attached hydrogens (primary N) is 1. The molecule has 0 amide bonds. The Morgan fingerprint density at radius 3 is 2.71 bits per heavy atom. The van der Waals surface area contributed by atoms with Gasteiger partial charge >= 0.3 is 0 Å². The molecule has 1 aliphatic rings. The van der Waals surface area contributed by atoms with E-state index in [-0.39, 0.29) is 5.69 Å². The van der Waals surface area contributed by atoms with Crippen LogP contribution in [-0.2, 0) is 0 Å². The number of nitro benzene ring substituents is 1. The third kappa shape index (κ3) is 4.05. The van der Waals surface area contributed by atoms with Gasteiger partial charge in [0.25, 0.3) is 5.69 Å². The summed E-state index contributed by atoms with van der Waals surface area (Å²) >= 11 is 0. The van der Waals surface area contributed by atoms with Crippen LogP contribution in [0.2, 0.25) is 0 Å². The normalized spacial score (nSPS) is 19.0. The van der Waals surface area contributed by atoms with E-state index in [1.165, 1.54) is 12.1 Å². The summed E-state index contributed by atoms with van der Waals surface area (Å²) in [6.45, 7) is 7.41. The molecule has 1 aromatic carbocycles. The van der Waals surface area contributed by atoms with Crippen molar-refractivity contribution in [3.05, 3.63) is 28.3 Å². The van der Waals surface area contributed by atoms with Gasteiger partial charge in [0.05, 0.1) is 10.6 Å². The molecule has 1 saturated heterocycles. The zero-order chi connectivity index (χ0) is 15.4. The molecule has 0 aromatic heterocycles. The maximum absolute atomic E-state index is 10.9. The van der Waals surface area contributed by atoms with Crippen molar-refractivity contribution in [2.45, 2.75) is 26.3 Å². The average Bonchev–Trinajstić information content (AvgIpc) is 2.93. The smallest absolute Gasteiger partial charge is 0.273 e. The molecule has 0 radical (unpaired) electrons. The monoisotopic (exact) mass is 293 g/mol. The molecule has 1 aromatic rings. The Hall–Kier alpha value is -1.86. The SMILES string of the molecule is CC(C)N1CCC(CNc2cc(NN)cc([N+](=O)[O-])c2)C1. The van der Waals surface area contributed by atoms with Gasteiger partial charge in [0.1, 0.15) is 0 Å². The van der Waals surface area contributed by atoms with Crippen molar-refractivity contribution in [1.29, 1.82) is 0 Å². The predicted molar refractivity (Wildman–Crippen MR) is 84.2 cm³/mol. The first kappa shape index (κ1) is 15.5. The van der Waals surface area contributed by atoms with Gasteiger partial charge in [-0.25, -0.2) is 0 Å². The zero-order valence-corrected chi connectivity index (χ0v) is 12.5.